The molecular formula is C62H98F3N7O18. The third-order valence-corrected chi connectivity index (χ3v) is 16.2. The fraction of sp³-hybridized carbons (Fsp3) is 0.774. The number of methoxy groups -OCH3 is 1. The highest BCUT2D eigenvalue weighted by molar-refractivity contribution is 5.90. The van der Waals surface area contributed by atoms with Crippen molar-refractivity contribution in [2.45, 2.75) is 95.4 Å². The maximum atomic E-state index is 14.6. The fourth-order valence-corrected chi connectivity index (χ4v) is 11.3. The molecule has 3 fully saturated rings. The van der Waals surface area contributed by atoms with E-state index in [0.717, 1.165) is 30.7 Å². The molecule has 4 aliphatic rings. The number of pyridine rings is 2. The van der Waals surface area contributed by atoms with Gasteiger partial charge in [-0.2, -0.15) is 13.2 Å². The maximum Gasteiger partial charge on any atom is 0.417 e. The lowest BCUT2D eigenvalue weighted by Crippen LogP contribution is -2.53. The van der Waals surface area contributed by atoms with Crippen molar-refractivity contribution in [3.63, 3.8) is 0 Å². The highest BCUT2D eigenvalue weighted by Crippen LogP contribution is 2.47. The standard InChI is InChI=1S/C62H98F3N7O18/c1-46(2)61(10-7-50(40-61)69-52-8-13-90-45-54(52)77-4)60(76)72-43-48-38-49(62(63,64)65)42-68-57(48)53(44-72)70-55(73)9-14-78-16-18-80-20-22-82-24-26-84-28-30-86-32-34-88-36-37-89-35-33-87-31-29-85-27-25-83-23-21-81-19-17-79-15-12-67-59(75)51-39-56(74)71(3)58(51)47-6-5-11-66-41-47/h5-6,11,38,41-42,46,50-54,58,69H,7-10,12-37,39-40,43-45H2,1-4H3,(H,67,75)(H,70,73)/t50?,51-,52-,53+,54+,58+,61-/m0/s1. The molecule has 0 radical (unpaired) electrons. The Morgan fingerprint density at radius 1 is 0.733 bits per heavy atom. The van der Waals surface area contributed by atoms with E-state index in [0.29, 0.717) is 177 Å². The van der Waals surface area contributed by atoms with Gasteiger partial charge in [0.05, 0.1) is 206 Å². The second-order valence-electron chi connectivity index (χ2n) is 22.7. The average molecular weight is 1290 g/mol. The van der Waals surface area contributed by atoms with E-state index in [4.69, 9.17) is 66.3 Å². The van der Waals surface area contributed by atoms with E-state index in [2.05, 4.69) is 25.9 Å². The van der Waals surface area contributed by atoms with Crippen molar-refractivity contribution in [1.82, 2.24) is 35.7 Å². The molecule has 510 valence electrons. The Morgan fingerprint density at radius 3 is 1.74 bits per heavy atom. The van der Waals surface area contributed by atoms with Gasteiger partial charge in [0, 0.05) is 83.9 Å². The lowest BCUT2D eigenvalue weighted by molar-refractivity contribution is -0.147. The molecule has 25 nitrogen and oxygen atoms in total. The predicted molar refractivity (Wildman–Crippen MR) is 319 cm³/mol. The third kappa shape index (κ3) is 25.7. The van der Waals surface area contributed by atoms with Crippen LogP contribution in [0.4, 0.5) is 13.2 Å². The van der Waals surface area contributed by atoms with Crippen molar-refractivity contribution < 1.29 is 98.7 Å². The first-order chi connectivity index (χ1) is 43.7. The van der Waals surface area contributed by atoms with Gasteiger partial charge in [-0.3, -0.25) is 29.1 Å². The zero-order valence-electron chi connectivity index (χ0n) is 53.0. The van der Waals surface area contributed by atoms with Crippen molar-refractivity contribution in [3.05, 3.63) is 59.2 Å². The molecule has 0 spiro atoms. The first kappa shape index (κ1) is 74.4. The van der Waals surface area contributed by atoms with Gasteiger partial charge in [-0.05, 0) is 54.9 Å². The van der Waals surface area contributed by atoms with Crippen LogP contribution in [-0.4, -0.2) is 261 Å². The van der Waals surface area contributed by atoms with E-state index in [1.54, 1.807) is 42.4 Å². The largest absolute Gasteiger partial charge is 0.417 e. The molecule has 2 aromatic rings. The van der Waals surface area contributed by atoms with E-state index < -0.39 is 29.1 Å². The molecule has 3 aliphatic heterocycles. The minimum Gasteiger partial charge on any atom is -0.379 e. The molecule has 0 bridgehead atoms. The van der Waals surface area contributed by atoms with Crippen LogP contribution in [0, 0.1) is 17.3 Å². The lowest BCUT2D eigenvalue weighted by Gasteiger charge is -2.42. The van der Waals surface area contributed by atoms with Crippen LogP contribution in [-0.2, 0) is 98.2 Å². The highest BCUT2D eigenvalue weighted by atomic mass is 19.4. The summed E-state index contributed by atoms with van der Waals surface area (Å²) in [6.45, 7) is 14.8. The van der Waals surface area contributed by atoms with E-state index >= 15 is 0 Å². The van der Waals surface area contributed by atoms with Crippen molar-refractivity contribution in [3.8, 4) is 0 Å². The Kier molecular flexibility index (Phi) is 34.6. The number of halogens is 3. The molecule has 0 aromatic carbocycles. The molecule has 3 N–H and O–H groups in total. The topological polar surface area (TPSA) is 266 Å². The van der Waals surface area contributed by atoms with Crippen molar-refractivity contribution in [1.29, 1.82) is 0 Å². The number of likely N-dealkylation sites (tertiary alicyclic amines) is 1. The molecular weight excluding hydrogens is 1190 g/mol. The molecule has 5 heterocycles. The van der Waals surface area contributed by atoms with Gasteiger partial charge in [-0.25, -0.2) is 0 Å². The Labute approximate surface area is 527 Å². The molecule has 6 rings (SSSR count). The van der Waals surface area contributed by atoms with Gasteiger partial charge < -0.3 is 92.1 Å². The summed E-state index contributed by atoms with van der Waals surface area (Å²) in [4.78, 5) is 64.6. The van der Waals surface area contributed by atoms with Gasteiger partial charge in [0.2, 0.25) is 23.6 Å². The summed E-state index contributed by atoms with van der Waals surface area (Å²) in [5.41, 5.74) is -0.248. The highest BCUT2D eigenvalue weighted by Gasteiger charge is 2.51. The zero-order chi connectivity index (χ0) is 64.2. The summed E-state index contributed by atoms with van der Waals surface area (Å²) in [7, 11) is 3.37. The van der Waals surface area contributed by atoms with Gasteiger partial charge >= 0.3 is 6.18 Å². The van der Waals surface area contributed by atoms with Crippen LogP contribution in [0.15, 0.2) is 36.8 Å². The van der Waals surface area contributed by atoms with Crippen LogP contribution in [0.5, 0.6) is 0 Å². The Hall–Kier alpha value is -4.63. The monoisotopic (exact) mass is 1290 g/mol. The van der Waals surface area contributed by atoms with E-state index in [9.17, 15) is 32.3 Å². The number of ether oxygens (including phenoxy) is 14. The summed E-state index contributed by atoms with van der Waals surface area (Å²) in [6, 6.07) is 3.71. The average Bonchev–Trinajstić information content (AvgIpc) is 1.57. The normalized spacial score (nSPS) is 22.0. The number of aromatic nitrogens is 2. The van der Waals surface area contributed by atoms with E-state index in [1.807, 2.05) is 19.9 Å². The van der Waals surface area contributed by atoms with E-state index in [1.165, 1.54) is 0 Å². The molecule has 2 saturated heterocycles. The number of fused-ring (bicyclic) bond motifs is 1. The number of carbonyl (C=O) groups excluding carboxylic acids is 4. The molecule has 1 unspecified atom stereocenters. The van der Waals surface area contributed by atoms with E-state index in [-0.39, 0.29) is 105 Å². The third-order valence-electron chi connectivity index (χ3n) is 16.2. The van der Waals surface area contributed by atoms with Crippen LogP contribution in [0.25, 0.3) is 0 Å². The van der Waals surface area contributed by atoms with Gasteiger partial charge in [-0.15, -0.1) is 0 Å². The van der Waals surface area contributed by atoms with Crippen molar-refractivity contribution >= 4 is 23.6 Å². The maximum absolute atomic E-state index is 14.6. The Bertz CT molecular complexity index is 2360. The number of carbonyl (C=O) groups is 4. The summed E-state index contributed by atoms with van der Waals surface area (Å²) in [6.07, 6.45) is 2.30. The van der Waals surface area contributed by atoms with Gasteiger partial charge in [-0.1, -0.05) is 19.9 Å². The summed E-state index contributed by atoms with van der Waals surface area (Å²) in [5, 5.41) is 9.52. The van der Waals surface area contributed by atoms with Gasteiger partial charge in [0.1, 0.15) is 0 Å². The minimum absolute atomic E-state index is 0.0113. The number of nitrogens with one attached hydrogen (secondary N) is 3. The van der Waals surface area contributed by atoms with Crippen LogP contribution in [0.2, 0.25) is 0 Å². The molecule has 90 heavy (non-hydrogen) atoms. The SMILES string of the molecule is CO[C@@H]1COCC[C@@H]1NC1CC[C@@](C(=O)N2Cc3cc(C(F)(F)F)cnc3[C@H](NC(=O)CCOCCOCCOCCOCCOCCOCCOCCOCCOCCOCCOCCOCCNC(=O)[C@H]3CC(=O)N(C)[C@@H]3c3cccnc3)C2)(C(C)C)C1. The summed E-state index contributed by atoms with van der Waals surface area (Å²) in [5.74, 6) is -1.29. The zero-order valence-corrected chi connectivity index (χ0v) is 53.0. The molecule has 2 aromatic heterocycles. The van der Waals surface area contributed by atoms with Crippen LogP contribution >= 0.6 is 0 Å². The second kappa shape index (κ2) is 41.9. The minimum atomic E-state index is -4.63. The summed E-state index contributed by atoms with van der Waals surface area (Å²) < 4.78 is 119. The number of nitrogens with zero attached hydrogens (tertiary/aromatic N) is 4. The number of hydrogen-bond donors (Lipinski definition) is 3. The van der Waals surface area contributed by atoms with Crippen LogP contribution < -0.4 is 16.0 Å². The first-order valence-electron chi connectivity index (χ1n) is 31.6. The molecule has 7 atom stereocenters. The number of rotatable bonds is 47. The van der Waals surface area contributed by atoms with Crippen LogP contribution in [0.1, 0.15) is 86.8 Å². The predicted octanol–water partition coefficient (Wildman–Crippen LogP) is 3.51. The quantitative estimate of drug-likeness (QED) is 0.0801. The second-order valence-corrected chi connectivity index (χ2v) is 22.7. The molecule has 1 aliphatic carbocycles. The van der Waals surface area contributed by atoms with Crippen molar-refractivity contribution in [2.24, 2.45) is 17.3 Å². The Morgan fingerprint density at radius 2 is 1.26 bits per heavy atom. The smallest absolute Gasteiger partial charge is 0.379 e. The van der Waals surface area contributed by atoms with Crippen molar-refractivity contribution in [2.75, 3.05) is 199 Å². The van der Waals surface area contributed by atoms with Gasteiger partial charge in [0.15, 0.2) is 0 Å². The number of hydrogen-bond acceptors (Lipinski definition) is 21. The number of alkyl halides is 3. The molecule has 28 heteroatoms. The summed E-state index contributed by atoms with van der Waals surface area (Å²) >= 11 is 0. The number of amides is 4. The van der Waals surface area contributed by atoms with Crippen LogP contribution in [0.3, 0.4) is 0 Å². The first-order valence-corrected chi connectivity index (χ1v) is 31.6. The lowest BCUT2D eigenvalue weighted by atomic mass is 9.73. The molecule has 1 saturated carbocycles. The fourth-order valence-electron chi connectivity index (χ4n) is 11.3. The van der Waals surface area contributed by atoms with Gasteiger partial charge in [0.25, 0.3) is 0 Å². The molecule has 4 amide bonds. The Balaban J connectivity index is 0.656.